The first-order valence-corrected chi connectivity index (χ1v) is 5.84. The van der Waals surface area contributed by atoms with Gasteiger partial charge in [0.2, 0.25) is 0 Å². The van der Waals surface area contributed by atoms with E-state index in [9.17, 15) is 13.6 Å². The smallest absolute Gasteiger partial charge is 0.387 e. The van der Waals surface area contributed by atoms with Crippen molar-refractivity contribution in [2.24, 2.45) is 0 Å². The molecule has 0 heterocycles. The summed E-state index contributed by atoms with van der Waals surface area (Å²) in [6.45, 7) is -2.88. The van der Waals surface area contributed by atoms with Gasteiger partial charge in [0.05, 0.1) is 7.11 Å². The second kappa shape index (κ2) is 6.14. The highest BCUT2D eigenvalue weighted by Crippen LogP contribution is 2.19. The summed E-state index contributed by atoms with van der Waals surface area (Å²) in [5.41, 5.74) is 0.853. The maximum absolute atomic E-state index is 12.2. The maximum Gasteiger partial charge on any atom is 0.387 e. The van der Waals surface area contributed by atoms with Crippen molar-refractivity contribution in [3.05, 3.63) is 59.7 Å². The Morgan fingerprint density at radius 1 is 1.00 bits per heavy atom. The number of rotatable bonds is 5. The first kappa shape index (κ1) is 14.0. The molecule has 0 aromatic heterocycles. The summed E-state index contributed by atoms with van der Waals surface area (Å²) in [6.07, 6.45) is 0. The van der Waals surface area contributed by atoms with Crippen molar-refractivity contribution in [2.45, 2.75) is 6.61 Å². The third-order valence-electron chi connectivity index (χ3n) is 2.67. The SMILES string of the molecule is COc1cccc(C(=O)c2ccc(OC(F)F)cc2)c1. The zero-order valence-electron chi connectivity index (χ0n) is 10.7. The van der Waals surface area contributed by atoms with Crippen LogP contribution in [-0.2, 0) is 0 Å². The second-order valence-corrected chi connectivity index (χ2v) is 3.96. The van der Waals surface area contributed by atoms with Crippen LogP contribution in [0.3, 0.4) is 0 Å². The summed E-state index contributed by atoms with van der Waals surface area (Å²) in [5, 5.41) is 0. The molecule has 2 aromatic carbocycles. The number of halogens is 2. The van der Waals surface area contributed by atoms with E-state index >= 15 is 0 Å². The van der Waals surface area contributed by atoms with Crippen molar-refractivity contribution in [3.63, 3.8) is 0 Å². The van der Waals surface area contributed by atoms with Crippen LogP contribution in [0.1, 0.15) is 15.9 Å². The highest BCUT2D eigenvalue weighted by Gasteiger charge is 2.11. The largest absolute Gasteiger partial charge is 0.497 e. The maximum atomic E-state index is 12.2. The molecule has 2 rings (SSSR count). The van der Waals surface area contributed by atoms with Crippen LogP contribution in [0.2, 0.25) is 0 Å². The minimum Gasteiger partial charge on any atom is -0.497 e. The average Bonchev–Trinajstić information content (AvgIpc) is 2.47. The van der Waals surface area contributed by atoms with Crippen LogP contribution in [0.4, 0.5) is 8.78 Å². The van der Waals surface area contributed by atoms with Gasteiger partial charge in [-0.25, -0.2) is 0 Å². The number of ether oxygens (including phenoxy) is 2. The molecule has 0 atom stereocenters. The lowest BCUT2D eigenvalue weighted by Gasteiger charge is -2.06. The molecule has 0 spiro atoms. The lowest BCUT2D eigenvalue weighted by atomic mass is 10.0. The highest BCUT2D eigenvalue weighted by atomic mass is 19.3. The zero-order valence-corrected chi connectivity index (χ0v) is 10.7. The molecule has 0 saturated carbocycles. The van der Waals surface area contributed by atoms with Crippen molar-refractivity contribution < 1.29 is 23.0 Å². The molecule has 0 N–H and O–H groups in total. The molecular weight excluding hydrogens is 266 g/mol. The van der Waals surface area contributed by atoms with Crippen molar-refractivity contribution in [2.75, 3.05) is 7.11 Å². The standard InChI is InChI=1S/C15H12F2O3/c1-19-13-4-2-3-11(9-13)14(18)10-5-7-12(8-6-10)20-15(16)17/h2-9,15H,1H3. The molecule has 104 valence electrons. The molecule has 0 saturated heterocycles. The number of benzene rings is 2. The normalized spacial score (nSPS) is 10.4. The topological polar surface area (TPSA) is 35.5 Å². The van der Waals surface area contributed by atoms with Crippen LogP contribution in [0.25, 0.3) is 0 Å². The van der Waals surface area contributed by atoms with Crippen molar-refractivity contribution in [1.82, 2.24) is 0 Å². The molecule has 2 aromatic rings. The van der Waals surface area contributed by atoms with E-state index in [4.69, 9.17) is 4.74 Å². The third-order valence-corrected chi connectivity index (χ3v) is 2.67. The molecule has 3 nitrogen and oxygen atoms in total. The number of ketones is 1. The molecular formula is C15H12F2O3. The van der Waals surface area contributed by atoms with Crippen molar-refractivity contribution >= 4 is 5.78 Å². The van der Waals surface area contributed by atoms with Gasteiger partial charge in [-0.3, -0.25) is 4.79 Å². The number of alkyl halides is 2. The Bertz CT molecular complexity index is 594. The van der Waals surface area contributed by atoms with E-state index in [1.807, 2.05) is 0 Å². The van der Waals surface area contributed by atoms with Crippen LogP contribution in [0.5, 0.6) is 11.5 Å². The Morgan fingerprint density at radius 2 is 1.70 bits per heavy atom. The van der Waals surface area contributed by atoms with Gasteiger partial charge in [-0.15, -0.1) is 0 Å². The molecule has 0 fully saturated rings. The number of methoxy groups -OCH3 is 1. The number of carbonyl (C=O) groups excluding carboxylic acids is 1. The van der Waals surface area contributed by atoms with Crippen LogP contribution < -0.4 is 9.47 Å². The zero-order chi connectivity index (χ0) is 14.5. The predicted octanol–water partition coefficient (Wildman–Crippen LogP) is 3.53. The summed E-state index contributed by atoms with van der Waals surface area (Å²) in [4.78, 5) is 12.2. The lowest BCUT2D eigenvalue weighted by Crippen LogP contribution is -2.04. The Kier molecular flexibility index (Phi) is 4.30. The molecule has 0 aliphatic heterocycles. The van der Waals surface area contributed by atoms with E-state index < -0.39 is 6.61 Å². The van der Waals surface area contributed by atoms with Crippen LogP contribution in [0.15, 0.2) is 48.5 Å². The molecule has 0 aliphatic rings. The molecule has 0 radical (unpaired) electrons. The van der Waals surface area contributed by atoms with Gasteiger partial charge in [0.15, 0.2) is 5.78 Å². The predicted molar refractivity (Wildman–Crippen MR) is 69.5 cm³/mol. The van der Waals surface area contributed by atoms with Crippen molar-refractivity contribution in [1.29, 1.82) is 0 Å². The van der Waals surface area contributed by atoms with Gasteiger partial charge in [0.25, 0.3) is 0 Å². The Balaban J connectivity index is 2.20. The molecule has 0 unspecified atom stereocenters. The fourth-order valence-electron chi connectivity index (χ4n) is 1.72. The fourth-order valence-corrected chi connectivity index (χ4v) is 1.72. The number of carbonyl (C=O) groups is 1. The Labute approximate surface area is 114 Å². The lowest BCUT2D eigenvalue weighted by molar-refractivity contribution is -0.0498. The van der Waals surface area contributed by atoms with E-state index in [2.05, 4.69) is 4.74 Å². The van der Waals surface area contributed by atoms with E-state index in [-0.39, 0.29) is 11.5 Å². The second-order valence-electron chi connectivity index (χ2n) is 3.96. The summed E-state index contributed by atoms with van der Waals surface area (Å²) < 4.78 is 33.3. The van der Waals surface area contributed by atoms with Crippen LogP contribution >= 0.6 is 0 Å². The molecule has 0 aliphatic carbocycles. The first-order chi connectivity index (χ1) is 9.60. The van der Waals surface area contributed by atoms with Crippen LogP contribution in [-0.4, -0.2) is 19.5 Å². The monoisotopic (exact) mass is 278 g/mol. The van der Waals surface area contributed by atoms with Gasteiger partial charge >= 0.3 is 6.61 Å². The van der Waals surface area contributed by atoms with Gasteiger partial charge in [-0.1, -0.05) is 12.1 Å². The van der Waals surface area contributed by atoms with Gasteiger partial charge < -0.3 is 9.47 Å². The minimum atomic E-state index is -2.88. The summed E-state index contributed by atoms with van der Waals surface area (Å²) in [5.74, 6) is 0.378. The van der Waals surface area contributed by atoms with E-state index in [1.54, 1.807) is 24.3 Å². The molecule has 0 bridgehead atoms. The van der Waals surface area contributed by atoms with E-state index in [1.165, 1.54) is 31.4 Å². The fraction of sp³-hybridized carbons (Fsp3) is 0.133. The minimum absolute atomic E-state index is 0.0159. The average molecular weight is 278 g/mol. The van der Waals surface area contributed by atoms with Gasteiger partial charge in [0.1, 0.15) is 11.5 Å². The Hall–Kier alpha value is -2.43. The van der Waals surface area contributed by atoms with Crippen molar-refractivity contribution in [3.8, 4) is 11.5 Å². The van der Waals surface area contributed by atoms with Crippen LogP contribution in [0, 0.1) is 0 Å². The molecule has 20 heavy (non-hydrogen) atoms. The summed E-state index contributed by atoms with van der Waals surface area (Å²) in [6, 6.07) is 12.3. The number of hydrogen-bond donors (Lipinski definition) is 0. The van der Waals surface area contributed by atoms with Gasteiger partial charge in [-0.05, 0) is 36.4 Å². The number of hydrogen-bond acceptors (Lipinski definition) is 3. The third kappa shape index (κ3) is 3.32. The summed E-state index contributed by atoms with van der Waals surface area (Å²) in [7, 11) is 1.51. The van der Waals surface area contributed by atoms with Gasteiger partial charge in [-0.2, -0.15) is 8.78 Å². The highest BCUT2D eigenvalue weighted by molar-refractivity contribution is 6.09. The van der Waals surface area contributed by atoms with E-state index in [0.29, 0.717) is 16.9 Å². The molecule has 5 heteroatoms. The van der Waals surface area contributed by atoms with Gasteiger partial charge in [0, 0.05) is 11.1 Å². The molecule has 0 amide bonds. The first-order valence-electron chi connectivity index (χ1n) is 5.84. The quantitative estimate of drug-likeness (QED) is 0.785. The van der Waals surface area contributed by atoms with E-state index in [0.717, 1.165) is 0 Å². The summed E-state index contributed by atoms with van der Waals surface area (Å²) >= 11 is 0. The Morgan fingerprint density at radius 3 is 2.30 bits per heavy atom.